The molecule has 0 saturated carbocycles. The van der Waals surface area contributed by atoms with Crippen molar-refractivity contribution in [1.82, 2.24) is 10.6 Å². The molecule has 1 fully saturated rings. The molecular weight excluding hydrogens is 287 g/mol. The molecule has 0 unspecified atom stereocenters. The second-order valence-electron chi connectivity index (χ2n) is 5.32. The van der Waals surface area contributed by atoms with Gasteiger partial charge in [0, 0.05) is 30.4 Å². The zero-order chi connectivity index (χ0) is 14.8. The largest absolute Gasteiger partial charge is 0.351 e. The molecule has 1 aromatic carbocycles. The molecule has 1 aromatic heterocycles. The minimum atomic E-state index is -0.251. The molecule has 2 heterocycles. The van der Waals surface area contributed by atoms with Gasteiger partial charge in [0.05, 0.1) is 4.88 Å². The predicted octanol–water partition coefficient (Wildman–Crippen LogP) is 2.81. The second-order valence-corrected chi connectivity index (χ2v) is 6.58. The Hall–Kier alpha value is -1.72. The van der Waals surface area contributed by atoms with Gasteiger partial charge in [-0.15, -0.1) is 11.3 Å². The minimum absolute atomic E-state index is 0.0247. The number of carbonyl (C=O) groups excluding carboxylic acids is 1. The van der Waals surface area contributed by atoms with Gasteiger partial charge in [-0.2, -0.15) is 0 Å². The highest BCUT2D eigenvalue weighted by molar-refractivity contribution is 7.14. The fourth-order valence-corrected chi connectivity index (χ4v) is 3.29. The molecule has 0 bridgehead atoms. The maximum atomic E-state index is 13.0. The van der Waals surface area contributed by atoms with Crippen molar-refractivity contribution in [1.29, 1.82) is 0 Å². The lowest BCUT2D eigenvalue weighted by Crippen LogP contribution is -2.48. The molecule has 2 aromatic rings. The quantitative estimate of drug-likeness (QED) is 0.912. The Morgan fingerprint density at radius 3 is 2.71 bits per heavy atom. The van der Waals surface area contributed by atoms with E-state index in [1.54, 1.807) is 12.1 Å². The Bertz CT molecular complexity index is 647. The molecule has 21 heavy (non-hydrogen) atoms. The van der Waals surface area contributed by atoms with Crippen LogP contribution in [0.2, 0.25) is 0 Å². The number of hydrogen-bond acceptors (Lipinski definition) is 3. The van der Waals surface area contributed by atoms with E-state index in [4.69, 9.17) is 0 Å². The number of rotatable bonds is 4. The van der Waals surface area contributed by atoms with Crippen LogP contribution < -0.4 is 10.6 Å². The Kier molecular flexibility index (Phi) is 4.03. The molecule has 3 nitrogen and oxygen atoms in total. The van der Waals surface area contributed by atoms with Gasteiger partial charge in [-0.25, -0.2) is 4.39 Å². The highest BCUT2D eigenvalue weighted by Crippen LogP contribution is 2.31. The van der Waals surface area contributed by atoms with E-state index >= 15 is 0 Å². The number of halogens is 1. The third-order valence-electron chi connectivity index (χ3n) is 3.71. The molecule has 2 N–H and O–H groups in total. The zero-order valence-corrected chi connectivity index (χ0v) is 12.6. The van der Waals surface area contributed by atoms with Crippen LogP contribution in [0, 0.1) is 18.7 Å². The summed E-state index contributed by atoms with van der Waals surface area (Å²) in [6.45, 7) is 4.65. The van der Waals surface area contributed by atoms with E-state index in [1.807, 2.05) is 13.0 Å². The highest BCUT2D eigenvalue weighted by Gasteiger charge is 2.19. The van der Waals surface area contributed by atoms with Crippen LogP contribution in [-0.2, 0) is 0 Å². The summed E-state index contributed by atoms with van der Waals surface area (Å²) in [5, 5.41) is 6.16. The summed E-state index contributed by atoms with van der Waals surface area (Å²) in [6, 6.07) is 8.26. The molecule has 1 amide bonds. The minimum Gasteiger partial charge on any atom is -0.351 e. The van der Waals surface area contributed by atoms with Crippen molar-refractivity contribution in [3.63, 3.8) is 0 Å². The molecule has 5 heteroatoms. The molecule has 1 aliphatic heterocycles. The summed E-state index contributed by atoms with van der Waals surface area (Å²) in [7, 11) is 0. The summed E-state index contributed by atoms with van der Waals surface area (Å²) in [4.78, 5) is 13.9. The summed E-state index contributed by atoms with van der Waals surface area (Å²) in [5.74, 6) is 0.272. The number of aryl methyl sites for hydroxylation is 1. The van der Waals surface area contributed by atoms with E-state index in [1.165, 1.54) is 23.5 Å². The zero-order valence-electron chi connectivity index (χ0n) is 11.8. The van der Waals surface area contributed by atoms with E-state index < -0.39 is 0 Å². The van der Waals surface area contributed by atoms with Crippen molar-refractivity contribution >= 4 is 17.2 Å². The normalized spacial score (nSPS) is 14.8. The number of hydrogen-bond donors (Lipinski definition) is 2. The van der Waals surface area contributed by atoms with Gasteiger partial charge in [0.25, 0.3) is 5.91 Å². The first-order chi connectivity index (χ1) is 10.1. The fraction of sp³-hybridized carbons (Fsp3) is 0.312. The first-order valence-corrected chi connectivity index (χ1v) is 7.80. The van der Waals surface area contributed by atoms with Gasteiger partial charge in [-0.3, -0.25) is 4.79 Å². The number of amides is 1. The first-order valence-electron chi connectivity index (χ1n) is 6.99. The molecule has 110 valence electrons. The van der Waals surface area contributed by atoms with Crippen molar-refractivity contribution in [2.75, 3.05) is 19.6 Å². The molecule has 0 atom stereocenters. The van der Waals surface area contributed by atoms with Gasteiger partial charge < -0.3 is 10.6 Å². The van der Waals surface area contributed by atoms with Crippen LogP contribution in [-0.4, -0.2) is 25.5 Å². The van der Waals surface area contributed by atoms with E-state index in [-0.39, 0.29) is 11.7 Å². The fourth-order valence-electron chi connectivity index (χ4n) is 2.33. The molecular formula is C16H17FN2OS. The lowest BCUT2D eigenvalue weighted by molar-refractivity contribution is 0.0946. The number of benzene rings is 1. The van der Waals surface area contributed by atoms with Gasteiger partial charge in [0.1, 0.15) is 5.82 Å². The average molecular weight is 304 g/mol. The molecule has 0 spiro atoms. The van der Waals surface area contributed by atoms with Crippen molar-refractivity contribution in [3.8, 4) is 11.1 Å². The van der Waals surface area contributed by atoms with Crippen LogP contribution in [0.25, 0.3) is 11.1 Å². The third kappa shape index (κ3) is 3.14. The summed E-state index contributed by atoms with van der Waals surface area (Å²) < 4.78 is 13.0. The van der Waals surface area contributed by atoms with Crippen LogP contribution in [0.3, 0.4) is 0 Å². The van der Waals surface area contributed by atoms with E-state index in [0.29, 0.717) is 17.3 Å². The third-order valence-corrected chi connectivity index (χ3v) is 4.76. The summed E-state index contributed by atoms with van der Waals surface area (Å²) >= 11 is 1.48. The number of thiophene rings is 1. The monoisotopic (exact) mass is 304 g/mol. The van der Waals surface area contributed by atoms with Crippen LogP contribution >= 0.6 is 11.3 Å². The Labute approximate surface area is 127 Å². The van der Waals surface area contributed by atoms with Crippen LogP contribution in [0.15, 0.2) is 30.3 Å². The first kappa shape index (κ1) is 14.2. The van der Waals surface area contributed by atoms with Gasteiger partial charge in [-0.1, -0.05) is 12.1 Å². The van der Waals surface area contributed by atoms with Gasteiger partial charge in [0.15, 0.2) is 0 Å². The van der Waals surface area contributed by atoms with E-state index in [2.05, 4.69) is 10.6 Å². The molecule has 3 rings (SSSR count). The molecule has 0 radical (unpaired) electrons. The highest BCUT2D eigenvalue weighted by atomic mass is 32.1. The van der Waals surface area contributed by atoms with E-state index in [9.17, 15) is 9.18 Å². The van der Waals surface area contributed by atoms with Crippen LogP contribution in [0.4, 0.5) is 4.39 Å². The van der Waals surface area contributed by atoms with Crippen LogP contribution in [0.5, 0.6) is 0 Å². The lowest BCUT2D eigenvalue weighted by Gasteiger charge is -2.26. The number of carbonyl (C=O) groups is 1. The maximum Gasteiger partial charge on any atom is 0.261 e. The topological polar surface area (TPSA) is 41.1 Å². The van der Waals surface area contributed by atoms with Crippen molar-refractivity contribution in [2.45, 2.75) is 6.92 Å². The van der Waals surface area contributed by atoms with Gasteiger partial charge in [0.2, 0.25) is 0 Å². The van der Waals surface area contributed by atoms with Crippen LogP contribution in [0.1, 0.15) is 14.5 Å². The summed E-state index contributed by atoms with van der Waals surface area (Å²) in [6.07, 6.45) is 0. The SMILES string of the molecule is Cc1sc(C(=O)NCC2CNC2)cc1-c1ccc(F)cc1. The van der Waals surface area contributed by atoms with Gasteiger partial charge in [-0.05, 0) is 36.2 Å². The van der Waals surface area contributed by atoms with Crippen molar-refractivity contribution in [3.05, 3.63) is 45.9 Å². The average Bonchev–Trinajstić information content (AvgIpc) is 2.80. The van der Waals surface area contributed by atoms with Crippen molar-refractivity contribution < 1.29 is 9.18 Å². The standard InChI is InChI=1S/C16H17FN2OS/c1-10-14(12-2-4-13(17)5-3-12)6-15(21-10)16(20)19-9-11-7-18-8-11/h2-6,11,18H,7-9H2,1H3,(H,19,20). The molecule has 1 aliphatic rings. The molecule has 0 aliphatic carbocycles. The lowest BCUT2D eigenvalue weighted by atomic mass is 10.0. The van der Waals surface area contributed by atoms with E-state index in [0.717, 1.165) is 29.1 Å². The Morgan fingerprint density at radius 1 is 1.38 bits per heavy atom. The molecule has 1 saturated heterocycles. The smallest absolute Gasteiger partial charge is 0.261 e. The second kappa shape index (κ2) is 5.95. The van der Waals surface area contributed by atoms with Crippen molar-refractivity contribution in [2.24, 2.45) is 5.92 Å². The maximum absolute atomic E-state index is 13.0. The summed E-state index contributed by atoms with van der Waals surface area (Å²) in [5.41, 5.74) is 1.93. The van der Waals surface area contributed by atoms with Gasteiger partial charge >= 0.3 is 0 Å². The number of nitrogens with one attached hydrogen (secondary N) is 2. The predicted molar refractivity (Wildman–Crippen MR) is 83.1 cm³/mol. The Balaban J connectivity index is 1.73. The Morgan fingerprint density at radius 2 is 2.10 bits per heavy atom.